The number of nitrogens with zero attached hydrogens (tertiary/aromatic N) is 5. The van der Waals surface area contributed by atoms with Crippen LogP contribution in [0.2, 0.25) is 0 Å². The van der Waals surface area contributed by atoms with E-state index in [2.05, 4.69) is 54.7 Å². The van der Waals surface area contributed by atoms with Gasteiger partial charge in [0, 0.05) is 70.1 Å². The van der Waals surface area contributed by atoms with Crippen LogP contribution in [0.3, 0.4) is 0 Å². The first-order chi connectivity index (χ1) is 33.2. The summed E-state index contributed by atoms with van der Waals surface area (Å²) in [5.41, 5.74) is 14.2. The Bertz CT molecular complexity index is 2850. The van der Waals surface area contributed by atoms with Crippen molar-refractivity contribution in [1.29, 1.82) is 0 Å². The molecule has 2 amide bonds. The zero-order valence-corrected chi connectivity index (χ0v) is 39.8. The number of hydrogen-bond donors (Lipinski definition) is 6. The van der Waals surface area contributed by atoms with Gasteiger partial charge in [-0.25, -0.2) is 20.4 Å². The molecule has 3 aromatic heterocycles. The van der Waals surface area contributed by atoms with Gasteiger partial charge in [-0.15, -0.1) is 0 Å². The number of benzene rings is 1. The number of methoxy groups -OCH3 is 2. The molecule has 2 saturated heterocycles. The van der Waals surface area contributed by atoms with Crippen molar-refractivity contribution in [1.82, 2.24) is 34.7 Å². The summed E-state index contributed by atoms with van der Waals surface area (Å²) < 4.78 is 57.5. The summed E-state index contributed by atoms with van der Waals surface area (Å²) in [6, 6.07) is 9.18. The lowest BCUT2D eigenvalue weighted by molar-refractivity contribution is -0.203. The number of aldehydes is 1. The Hall–Kier alpha value is -6.64. The van der Waals surface area contributed by atoms with Crippen molar-refractivity contribution in [3.05, 3.63) is 104 Å². The molecule has 0 bridgehead atoms. The third-order valence-corrected chi connectivity index (χ3v) is 11.2. The Morgan fingerprint density at radius 3 is 1.61 bits per heavy atom. The molecule has 6 rings (SSSR count). The number of aromatic nitrogens is 5. The maximum absolute atomic E-state index is 12.4. The Morgan fingerprint density at radius 2 is 1.23 bits per heavy atom. The minimum atomic E-state index is -4.06. The van der Waals surface area contributed by atoms with Crippen molar-refractivity contribution in [2.45, 2.75) is 49.7 Å². The summed E-state index contributed by atoms with van der Waals surface area (Å²) in [4.78, 5) is 94.6. The zero-order chi connectivity index (χ0) is 51.2. The second-order valence-corrected chi connectivity index (χ2v) is 18.7. The lowest BCUT2D eigenvalue weighted by Crippen LogP contribution is -2.29. The first-order valence-corrected chi connectivity index (χ1v) is 24.7. The molecule has 0 spiro atoms. The molecular weight excluding hydrogens is 960 g/mol. The van der Waals surface area contributed by atoms with Gasteiger partial charge in [0.05, 0.1) is 55.2 Å². The number of rotatable bonds is 16. The molecule has 5 heterocycles. The molecule has 4 aromatic rings. The van der Waals surface area contributed by atoms with Gasteiger partial charge in [0.25, 0.3) is 11.8 Å². The largest absolute Gasteiger partial charge is 0.779 e. The molecule has 28 heteroatoms. The quantitative estimate of drug-likeness (QED) is 0.0250. The van der Waals surface area contributed by atoms with E-state index < -0.39 is 69.3 Å². The van der Waals surface area contributed by atoms with E-state index in [1.165, 1.54) is 57.1 Å². The molecule has 374 valence electrons. The van der Waals surface area contributed by atoms with Crippen LogP contribution in [0.5, 0.6) is 0 Å². The molecule has 1 aromatic carbocycles. The van der Waals surface area contributed by atoms with E-state index in [9.17, 15) is 42.9 Å². The maximum atomic E-state index is 12.4. The van der Waals surface area contributed by atoms with E-state index in [-0.39, 0.29) is 67.8 Å². The van der Waals surface area contributed by atoms with Gasteiger partial charge in [0.15, 0.2) is 0 Å². The monoisotopic (exact) mass is 1010 g/mol. The number of hydrogen-bond acceptors (Lipinski definition) is 22. The Labute approximate surface area is 399 Å². The maximum Gasteiger partial charge on any atom is 0.351 e. The van der Waals surface area contributed by atoms with Gasteiger partial charge in [0.1, 0.15) is 63.6 Å². The van der Waals surface area contributed by atoms with Crippen LogP contribution in [-0.4, -0.2) is 120 Å². The summed E-state index contributed by atoms with van der Waals surface area (Å²) in [7, 11) is -5.25. The minimum absolute atomic E-state index is 0.0185. The molecule has 9 N–H and O–H groups in total. The Balaban J connectivity index is 0.000000261. The number of carbonyl (C=O) groups excluding carboxylic acids is 3. The fraction of sp³-hybridized carbons (Fsp3) is 0.381. The topological polar surface area (TPSA) is 384 Å². The number of carbonyl (C=O) groups is 3. The van der Waals surface area contributed by atoms with E-state index in [0.29, 0.717) is 28.8 Å². The number of nitrogens with two attached hydrogens (primary N) is 3. The first-order valence-electron chi connectivity index (χ1n) is 20.7. The third kappa shape index (κ3) is 15.7. The van der Waals surface area contributed by atoms with Gasteiger partial charge >= 0.3 is 11.4 Å². The van der Waals surface area contributed by atoms with Crippen LogP contribution in [0, 0.1) is 23.7 Å². The summed E-state index contributed by atoms with van der Waals surface area (Å²) in [6.07, 6.45) is 0.0169. The fourth-order valence-corrected chi connectivity index (χ4v) is 8.14. The number of nitrogen functional groups attached to an aromatic ring is 3. The van der Waals surface area contributed by atoms with Crippen LogP contribution in [0.4, 0.5) is 17.5 Å². The molecule has 8 atom stereocenters. The number of ether oxygens (including phenoxy) is 4. The molecule has 0 aliphatic carbocycles. The molecule has 2 aliphatic rings. The summed E-state index contributed by atoms with van der Waals surface area (Å²) in [6.45, 7) is 1.99. The Morgan fingerprint density at radius 1 is 0.786 bits per heavy atom. The van der Waals surface area contributed by atoms with Crippen LogP contribution < -0.4 is 54.5 Å². The standard InChI is InChI=1S/C22H25N4O8P.C20H26N7O7P/c1-32-13-18-17(34-35(2,30)31)10-19(33-18)26-11-16(20(23)25-22(26)29)4-3-9-24-21(28)15-7-5-14(12-27)6-8-15;1-32-11-15-14(34-35(2,30)31)8-17(33-15)27-10-13(18(21)25-20(27)29)4-3-7-23-19(28)12-5-6-16(26-22)24-9-12/h5-8,11-12,17-19H,9-10,13H2,1-2H3,(H,24,28)(H,30,31)(H2,23,25,29);5-6,9-10,14-15,17H,7-8,11,22H2,1-2H3,(H,23,28)(H,24,26)(H,30,31)(H2,21,25,29)/p-2. The average Bonchev–Trinajstić information content (AvgIpc) is 3.88. The van der Waals surface area contributed by atoms with Gasteiger partial charge in [-0.05, 0) is 24.3 Å². The number of pyridine rings is 1. The van der Waals surface area contributed by atoms with Crippen LogP contribution in [-0.2, 0) is 37.1 Å². The van der Waals surface area contributed by atoms with Crippen molar-refractivity contribution < 1.29 is 61.3 Å². The highest BCUT2D eigenvalue weighted by Crippen LogP contribution is 2.42. The predicted molar refractivity (Wildman–Crippen MR) is 246 cm³/mol. The highest BCUT2D eigenvalue weighted by atomic mass is 31.2. The van der Waals surface area contributed by atoms with Gasteiger partial charge in [-0.3, -0.25) is 23.5 Å². The van der Waals surface area contributed by atoms with Crippen molar-refractivity contribution >= 4 is 50.7 Å². The average molecular weight is 1010 g/mol. The van der Waals surface area contributed by atoms with Crippen molar-refractivity contribution in [2.75, 3.05) is 70.7 Å². The second-order valence-electron chi connectivity index (χ2n) is 15.2. The van der Waals surface area contributed by atoms with Crippen molar-refractivity contribution in [3.63, 3.8) is 0 Å². The molecule has 70 heavy (non-hydrogen) atoms. The highest BCUT2D eigenvalue weighted by molar-refractivity contribution is 7.50. The molecular formula is C42H49N11O15P2-2. The van der Waals surface area contributed by atoms with E-state index >= 15 is 0 Å². The number of nitrogens with one attached hydrogen (secondary N) is 3. The molecule has 2 fully saturated rings. The number of anilines is 3. The lowest BCUT2D eigenvalue weighted by atomic mass is 10.1. The van der Waals surface area contributed by atoms with Crippen LogP contribution in [0.15, 0.2) is 64.6 Å². The van der Waals surface area contributed by atoms with Gasteiger partial charge in [-0.1, -0.05) is 35.8 Å². The smallest absolute Gasteiger partial charge is 0.351 e. The SMILES string of the molecule is COCC1OC(n2cc(C#CCNC(=O)c3ccc(C=O)cc3)c(N)nc2=O)CC1OP(C)(=O)[O-].COCC1OC(n2cc(C#CCNC(=O)c3ccc(NN)nc3)c(N)nc2=O)CC1OP(C)(=O)[O-]. The van der Waals surface area contributed by atoms with Gasteiger partial charge < -0.3 is 74.4 Å². The minimum Gasteiger partial charge on any atom is -0.779 e. The van der Waals surface area contributed by atoms with Gasteiger partial charge in [0.2, 0.25) is 0 Å². The Kier molecular flexibility index (Phi) is 19.2. The normalized spacial score (nSPS) is 21.0. The zero-order valence-electron chi connectivity index (χ0n) is 38.0. The van der Waals surface area contributed by atoms with E-state index in [1.807, 2.05) is 0 Å². The molecule has 2 aliphatic heterocycles. The van der Waals surface area contributed by atoms with E-state index in [4.69, 9.17) is 45.3 Å². The summed E-state index contributed by atoms with van der Waals surface area (Å²) in [5, 5.41) is 5.22. The first kappa shape index (κ1) is 54.3. The number of amides is 2. The van der Waals surface area contributed by atoms with Crippen LogP contribution in [0.25, 0.3) is 0 Å². The lowest BCUT2D eigenvalue weighted by Gasteiger charge is -2.25. The second kappa shape index (κ2) is 24.8. The van der Waals surface area contributed by atoms with E-state index in [1.54, 1.807) is 12.1 Å². The number of hydrazine groups is 1. The predicted octanol–water partition coefficient (Wildman–Crippen LogP) is -1.29. The molecule has 0 saturated carbocycles. The third-order valence-electron chi connectivity index (χ3n) is 9.86. The van der Waals surface area contributed by atoms with Crippen molar-refractivity contribution in [3.8, 4) is 23.7 Å². The summed E-state index contributed by atoms with van der Waals surface area (Å²) >= 11 is 0. The molecule has 0 radical (unpaired) electrons. The van der Waals surface area contributed by atoms with E-state index in [0.717, 1.165) is 22.5 Å². The van der Waals surface area contributed by atoms with Crippen LogP contribution >= 0.6 is 15.2 Å². The fourth-order valence-electron chi connectivity index (χ4n) is 6.71. The highest BCUT2D eigenvalue weighted by Gasteiger charge is 2.40. The van der Waals surface area contributed by atoms with Gasteiger partial charge in [-0.2, -0.15) is 9.97 Å². The van der Waals surface area contributed by atoms with Crippen LogP contribution in [0.1, 0.15) is 67.5 Å². The molecule has 26 nitrogen and oxygen atoms in total. The van der Waals surface area contributed by atoms with Crippen molar-refractivity contribution in [2.24, 2.45) is 5.84 Å². The summed E-state index contributed by atoms with van der Waals surface area (Å²) in [5.74, 6) is 15.6. The molecule has 8 unspecified atom stereocenters.